The molecule has 0 saturated heterocycles. The normalized spacial score (nSPS) is 15.3. The van der Waals surface area contributed by atoms with E-state index in [0.29, 0.717) is 45.1 Å². The molecule has 37 heavy (non-hydrogen) atoms. The number of carbonyl (C=O) groups excluding carboxylic acids is 1. The fourth-order valence-corrected chi connectivity index (χ4v) is 5.38. The molecule has 10 heteroatoms. The van der Waals surface area contributed by atoms with Gasteiger partial charge in [0.15, 0.2) is 16.3 Å². The van der Waals surface area contributed by atoms with Crippen molar-refractivity contribution in [3.63, 3.8) is 0 Å². The Morgan fingerprint density at radius 1 is 1.14 bits per heavy atom. The molecule has 1 aliphatic heterocycles. The van der Waals surface area contributed by atoms with Gasteiger partial charge in [-0.05, 0) is 69.2 Å². The molecule has 0 fully saturated rings. The van der Waals surface area contributed by atoms with E-state index in [1.54, 1.807) is 51.1 Å². The Bertz CT molecular complexity index is 1540. The number of hydrogen-bond donors (Lipinski definition) is 1. The number of aromatic nitrogens is 1. The molecule has 3 aromatic rings. The smallest absolute Gasteiger partial charge is 0.338 e. The van der Waals surface area contributed by atoms with Crippen molar-refractivity contribution in [3.8, 4) is 17.2 Å². The zero-order chi connectivity index (χ0) is 26.7. The minimum absolute atomic E-state index is 0.109. The summed E-state index contributed by atoms with van der Waals surface area (Å²) >= 11 is 7.38. The van der Waals surface area contributed by atoms with E-state index in [2.05, 4.69) is 4.99 Å². The number of halogens is 1. The number of ether oxygens (including phenoxy) is 3. The molecular formula is C27H27ClN2O6S. The van der Waals surface area contributed by atoms with Gasteiger partial charge in [-0.1, -0.05) is 35.1 Å². The Hall–Kier alpha value is -3.56. The molecule has 2 heterocycles. The molecule has 0 saturated carbocycles. The van der Waals surface area contributed by atoms with Crippen LogP contribution in [0, 0.1) is 0 Å². The van der Waals surface area contributed by atoms with Gasteiger partial charge in [0.25, 0.3) is 5.56 Å². The predicted octanol–water partition coefficient (Wildman–Crippen LogP) is 3.95. The van der Waals surface area contributed by atoms with Gasteiger partial charge in [-0.2, -0.15) is 0 Å². The molecule has 0 spiro atoms. The predicted molar refractivity (Wildman–Crippen MR) is 142 cm³/mol. The Morgan fingerprint density at radius 3 is 2.49 bits per heavy atom. The van der Waals surface area contributed by atoms with Crippen LogP contribution < -0.4 is 24.4 Å². The molecule has 1 N–H and O–H groups in total. The monoisotopic (exact) mass is 542 g/mol. The molecular weight excluding hydrogens is 516 g/mol. The average Bonchev–Trinajstić information content (AvgIpc) is 3.16. The van der Waals surface area contributed by atoms with Crippen molar-refractivity contribution < 1.29 is 24.1 Å². The van der Waals surface area contributed by atoms with Crippen molar-refractivity contribution in [1.82, 2.24) is 4.57 Å². The highest BCUT2D eigenvalue weighted by atomic mass is 35.5. The highest BCUT2D eigenvalue weighted by Gasteiger charge is 2.33. The van der Waals surface area contributed by atoms with Crippen molar-refractivity contribution in [1.29, 1.82) is 0 Å². The number of rotatable bonds is 8. The Morgan fingerprint density at radius 2 is 1.84 bits per heavy atom. The van der Waals surface area contributed by atoms with Crippen LogP contribution in [0.5, 0.6) is 17.2 Å². The molecule has 194 valence electrons. The van der Waals surface area contributed by atoms with E-state index in [9.17, 15) is 14.7 Å². The number of phenolic OH excluding ortho intramolecular Hbond substituents is 1. The number of nitrogens with zero attached hydrogens (tertiary/aromatic N) is 2. The van der Waals surface area contributed by atoms with Crippen LogP contribution in [0.4, 0.5) is 0 Å². The second kappa shape index (κ2) is 11.2. The summed E-state index contributed by atoms with van der Waals surface area (Å²) in [5.74, 6) is 0.226. The van der Waals surface area contributed by atoms with Gasteiger partial charge in [0.2, 0.25) is 0 Å². The van der Waals surface area contributed by atoms with Crippen LogP contribution in [-0.4, -0.2) is 35.5 Å². The van der Waals surface area contributed by atoms with Crippen molar-refractivity contribution in [2.75, 3.05) is 19.8 Å². The van der Waals surface area contributed by atoms with Gasteiger partial charge in [-0.25, -0.2) is 9.79 Å². The number of aromatic hydroxyl groups is 1. The molecule has 0 bridgehead atoms. The Labute approximate surface area is 222 Å². The second-order valence-corrected chi connectivity index (χ2v) is 9.50. The molecule has 0 amide bonds. The standard InChI is InChI=1S/C27H27ClN2O6S/c1-5-34-18-10-8-17(9-11-18)23-22(26(33)36-7-3)15(4)29-27-30(23)25(32)21(37-27)14-16-12-19(28)24(31)20(13-16)35-6-2/h8-14,23,31H,5-7H2,1-4H3/t23-/m1/s1. The summed E-state index contributed by atoms with van der Waals surface area (Å²) in [4.78, 5) is 31.8. The molecule has 4 rings (SSSR count). The maximum Gasteiger partial charge on any atom is 0.338 e. The summed E-state index contributed by atoms with van der Waals surface area (Å²) in [6.45, 7) is 8.21. The fourth-order valence-electron chi connectivity index (χ4n) is 4.11. The molecule has 0 aliphatic carbocycles. The quantitative estimate of drug-likeness (QED) is 0.433. The summed E-state index contributed by atoms with van der Waals surface area (Å²) in [6.07, 6.45) is 1.66. The van der Waals surface area contributed by atoms with Crippen molar-refractivity contribution in [3.05, 3.63) is 83.5 Å². The second-order valence-electron chi connectivity index (χ2n) is 8.09. The van der Waals surface area contributed by atoms with Gasteiger partial charge in [0, 0.05) is 0 Å². The van der Waals surface area contributed by atoms with E-state index in [1.165, 1.54) is 15.9 Å². The van der Waals surface area contributed by atoms with Crippen LogP contribution in [0.25, 0.3) is 6.08 Å². The van der Waals surface area contributed by atoms with E-state index in [-0.39, 0.29) is 28.7 Å². The summed E-state index contributed by atoms with van der Waals surface area (Å²) in [5, 5.41) is 10.3. The van der Waals surface area contributed by atoms with E-state index < -0.39 is 12.0 Å². The van der Waals surface area contributed by atoms with E-state index in [0.717, 1.165) is 5.56 Å². The topological polar surface area (TPSA) is 99.4 Å². The lowest BCUT2D eigenvalue weighted by molar-refractivity contribution is -0.139. The SMILES string of the molecule is CCOC(=O)C1=C(C)N=c2sc(=Cc3cc(Cl)c(O)c(OCC)c3)c(=O)n2[C@@H]1c1ccc(OCC)cc1. The maximum absolute atomic E-state index is 13.7. The lowest BCUT2D eigenvalue weighted by atomic mass is 9.96. The first-order valence-corrected chi connectivity index (χ1v) is 13.1. The molecule has 1 aliphatic rings. The third kappa shape index (κ3) is 5.28. The summed E-state index contributed by atoms with van der Waals surface area (Å²) in [6, 6.07) is 9.72. The highest BCUT2D eigenvalue weighted by molar-refractivity contribution is 7.07. The van der Waals surface area contributed by atoms with Crippen LogP contribution in [0.15, 0.2) is 57.5 Å². The third-order valence-corrected chi connectivity index (χ3v) is 6.94. The molecule has 0 unspecified atom stereocenters. The van der Waals surface area contributed by atoms with Crippen LogP contribution in [-0.2, 0) is 9.53 Å². The molecule has 1 atom stereocenters. The fraction of sp³-hybridized carbons (Fsp3) is 0.296. The van der Waals surface area contributed by atoms with Gasteiger partial charge in [0.1, 0.15) is 5.75 Å². The number of benzene rings is 2. The lowest BCUT2D eigenvalue weighted by Gasteiger charge is -2.24. The van der Waals surface area contributed by atoms with Crippen LogP contribution >= 0.6 is 22.9 Å². The van der Waals surface area contributed by atoms with Gasteiger partial charge < -0.3 is 19.3 Å². The number of allylic oxidation sites excluding steroid dienone is 1. The zero-order valence-electron chi connectivity index (χ0n) is 20.9. The van der Waals surface area contributed by atoms with Crippen molar-refractivity contribution in [2.45, 2.75) is 33.7 Å². The number of hydrogen-bond acceptors (Lipinski definition) is 8. The lowest BCUT2D eigenvalue weighted by Crippen LogP contribution is -2.39. The number of carbonyl (C=O) groups is 1. The average molecular weight is 543 g/mol. The first kappa shape index (κ1) is 26.5. The van der Waals surface area contributed by atoms with Gasteiger partial charge >= 0.3 is 5.97 Å². The molecule has 2 aromatic carbocycles. The van der Waals surface area contributed by atoms with Gasteiger partial charge in [-0.3, -0.25) is 9.36 Å². The molecule has 8 nitrogen and oxygen atoms in total. The van der Waals surface area contributed by atoms with Gasteiger partial charge in [0.05, 0.1) is 46.7 Å². The number of thiazole rings is 1. The maximum atomic E-state index is 13.7. The van der Waals surface area contributed by atoms with Crippen LogP contribution in [0.3, 0.4) is 0 Å². The summed E-state index contributed by atoms with van der Waals surface area (Å²) in [7, 11) is 0. The van der Waals surface area contributed by atoms with E-state index in [4.69, 9.17) is 25.8 Å². The molecule has 1 aromatic heterocycles. The zero-order valence-corrected chi connectivity index (χ0v) is 22.5. The Balaban J connectivity index is 1.91. The number of esters is 1. The Kier molecular flexibility index (Phi) is 8.04. The first-order chi connectivity index (χ1) is 17.8. The molecule has 0 radical (unpaired) electrons. The largest absolute Gasteiger partial charge is 0.503 e. The summed E-state index contributed by atoms with van der Waals surface area (Å²) < 4.78 is 18.3. The summed E-state index contributed by atoms with van der Waals surface area (Å²) in [5.41, 5.74) is 1.77. The van der Waals surface area contributed by atoms with Crippen molar-refractivity contribution in [2.24, 2.45) is 4.99 Å². The van der Waals surface area contributed by atoms with Crippen LogP contribution in [0.1, 0.15) is 44.9 Å². The van der Waals surface area contributed by atoms with E-state index in [1.807, 2.05) is 19.1 Å². The van der Waals surface area contributed by atoms with Gasteiger partial charge in [-0.15, -0.1) is 0 Å². The number of phenols is 1. The third-order valence-electron chi connectivity index (χ3n) is 5.67. The van der Waals surface area contributed by atoms with E-state index >= 15 is 0 Å². The van der Waals surface area contributed by atoms with Crippen molar-refractivity contribution >= 4 is 35.0 Å². The van der Waals surface area contributed by atoms with Crippen LogP contribution in [0.2, 0.25) is 5.02 Å². The first-order valence-electron chi connectivity index (χ1n) is 11.9. The minimum atomic E-state index is -0.726. The number of fused-ring (bicyclic) bond motifs is 1. The highest BCUT2D eigenvalue weighted by Crippen LogP contribution is 2.35. The minimum Gasteiger partial charge on any atom is -0.503 e.